The van der Waals surface area contributed by atoms with Crippen LogP contribution in [-0.4, -0.2) is 49.3 Å². The van der Waals surface area contributed by atoms with E-state index in [1.165, 1.54) is 12.1 Å². The summed E-state index contributed by atoms with van der Waals surface area (Å²) in [5.41, 5.74) is 0.0465. The molecule has 1 aromatic carbocycles. The molecular formula is C15H22ClF3N2O. The molecule has 7 heteroatoms. The van der Waals surface area contributed by atoms with Crippen molar-refractivity contribution < 1.29 is 18.3 Å². The molecule has 0 amide bonds. The first-order valence-corrected chi connectivity index (χ1v) is 7.26. The highest BCUT2D eigenvalue weighted by Gasteiger charge is 2.31. The lowest BCUT2D eigenvalue weighted by Crippen LogP contribution is -2.46. The molecule has 0 aromatic heterocycles. The molecule has 1 aliphatic heterocycles. The lowest BCUT2D eigenvalue weighted by molar-refractivity contribution is -0.137. The first-order chi connectivity index (χ1) is 10.0. The number of anilines is 1. The Bertz CT molecular complexity index is 449. The second kappa shape index (κ2) is 8.60. The number of rotatable bonds is 5. The number of halogens is 4. The Morgan fingerprint density at radius 3 is 2.32 bits per heavy atom. The number of unbranched alkanes of at least 4 members (excludes halogenated alkanes) is 1. The van der Waals surface area contributed by atoms with Gasteiger partial charge in [0, 0.05) is 38.5 Å². The van der Waals surface area contributed by atoms with Crippen molar-refractivity contribution in [3.05, 3.63) is 29.8 Å². The summed E-state index contributed by atoms with van der Waals surface area (Å²) in [6, 6.07) is 5.53. The number of alkyl halides is 3. The lowest BCUT2D eigenvalue weighted by Gasteiger charge is -2.36. The van der Waals surface area contributed by atoms with Crippen molar-refractivity contribution in [3.8, 4) is 0 Å². The zero-order valence-electron chi connectivity index (χ0n) is 12.4. The lowest BCUT2D eigenvalue weighted by atomic mass is 10.1. The van der Waals surface area contributed by atoms with Crippen LogP contribution >= 0.6 is 12.4 Å². The minimum atomic E-state index is -4.29. The van der Waals surface area contributed by atoms with E-state index in [9.17, 15) is 13.2 Å². The fourth-order valence-corrected chi connectivity index (χ4v) is 2.56. The molecule has 1 aromatic rings. The molecule has 3 nitrogen and oxygen atoms in total. The number of piperazine rings is 1. The van der Waals surface area contributed by atoms with Gasteiger partial charge in [0.1, 0.15) is 0 Å². The quantitative estimate of drug-likeness (QED) is 0.836. The molecule has 1 fully saturated rings. The third kappa shape index (κ3) is 5.34. The Balaban J connectivity index is 0.00000242. The van der Waals surface area contributed by atoms with Gasteiger partial charge in [0.05, 0.1) is 5.56 Å². The van der Waals surface area contributed by atoms with E-state index >= 15 is 0 Å². The molecule has 0 spiro atoms. The van der Waals surface area contributed by atoms with Gasteiger partial charge in [-0.1, -0.05) is 6.07 Å². The van der Waals surface area contributed by atoms with E-state index in [4.69, 9.17) is 5.11 Å². The van der Waals surface area contributed by atoms with Crippen LogP contribution in [0.1, 0.15) is 18.4 Å². The molecule has 1 N–H and O–H groups in total. The van der Waals surface area contributed by atoms with Gasteiger partial charge in [-0.3, -0.25) is 4.90 Å². The van der Waals surface area contributed by atoms with Crippen LogP contribution in [0, 0.1) is 0 Å². The summed E-state index contributed by atoms with van der Waals surface area (Å²) in [6.07, 6.45) is -2.53. The molecular weight excluding hydrogens is 317 g/mol. The zero-order valence-corrected chi connectivity index (χ0v) is 13.2. The Morgan fingerprint density at radius 2 is 1.73 bits per heavy atom. The predicted octanol–water partition coefficient (Wildman–Crippen LogP) is 3.02. The number of hydrogen-bond donors (Lipinski definition) is 1. The predicted molar refractivity (Wildman–Crippen MR) is 83.7 cm³/mol. The van der Waals surface area contributed by atoms with Crippen molar-refractivity contribution in [2.75, 3.05) is 44.2 Å². The van der Waals surface area contributed by atoms with E-state index in [0.29, 0.717) is 5.69 Å². The summed E-state index contributed by atoms with van der Waals surface area (Å²) >= 11 is 0. The van der Waals surface area contributed by atoms with Gasteiger partial charge >= 0.3 is 6.18 Å². The highest BCUT2D eigenvalue weighted by molar-refractivity contribution is 5.85. The second-order valence-electron chi connectivity index (χ2n) is 5.31. The first kappa shape index (κ1) is 19.1. The summed E-state index contributed by atoms with van der Waals surface area (Å²) in [5.74, 6) is 0. The smallest absolute Gasteiger partial charge is 0.396 e. The third-order valence-electron chi connectivity index (χ3n) is 3.79. The molecule has 0 bridgehead atoms. The molecule has 0 aliphatic carbocycles. The van der Waals surface area contributed by atoms with Crippen LogP contribution in [0.3, 0.4) is 0 Å². The largest absolute Gasteiger partial charge is 0.416 e. The summed E-state index contributed by atoms with van der Waals surface area (Å²) < 4.78 is 38.2. The van der Waals surface area contributed by atoms with Crippen molar-refractivity contribution in [2.45, 2.75) is 19.0 Å². The minimum absolute atomic E-state index is 0. The van der Waals surface area contributed by atoms with E-state index in [1.807, 2.05) is 4.90 Å². The molecule has 0 saturated carbocycles. The molecule has 1 aliphatic rings. The Labute approximate surface area is 135 Å². The fourth-order valence-electron chi connectivity index (χ4n) is 2.56. The summed E-state index contributed by atoms with van der Waals surface area (Å²) in [6.45, 7) is 4.32. The SMILES string of the molecule is Cl.OCCCCN1CCN(c2cccc(C(F)(F)F)c2)CC1. The molecule has 1 heterocycles. The zero-order chi connectivity index (χ0) is 15.3. The topological polar surface area (TPSA) is 26.7 Å². The summed E-state index contributed by atoms with van der Waals surface area (Å²) in [5, 5.41) is 8.76. The number of benzene rings is 1. The van der Waals surface area contributed by atoms with Crippen molar-refractivity contribution in [1.29, 1.82) is 0 Å². The standard InChI is InChI=1S/C15H21F3N2O.ClH/c16-15(17,18)13-4-3-5-14(12-13)20-9-7-19(8-10-20)6-1-2-11-21;/h3-5,12,21H,1-2,6-11H2;1H. The van der Waals surface area contributed by atoms with Gasteiger partial charge in [0.25, 0.3) is 0 Å². The maximum absolute atomic E-state index is 12.7. The average Bonchev–Trinajstić information content (AvgIpc) is 2.47. The average molecular weight is 339 g/mol. The minimum Gasteiger partial charge on any atom is -0.396 e. The molecule has 2 rings (SSSR count). The molecule has 0 unspecified atom stereocenters. The number of aliphatic hydroxyl groups excluding tert-OH is 1. The Kier molecular flexibility index (Phi) is 7.45. The van der Waals surface area contributed by atoms with Crippen molar-refractivity contribution >= 4 is 18.1 Å². The monoisotopic (exact) mass is 338 g/mol. The van der Waals surface area contributed by atoms with Gasteiger partial charge in [-0.15, -0.1) is 12.4 Å². The van der Waals surface area contributed by atoms with Crippen LogP contribution in [0.5, 0.6) is 0 Å². The van der Waals surface area contributed by atoms with Crippen molar-refractivity contribution in [3.63, 3.8) is 0 Å². The van der Waals surface area contributed by atoms with Crippen LogP contribution in [0.4, 0.5) is 18.9 Å². The third-order valence-corrected chi connectivity index (χ3v) is 3.79. The van der Waals surface area contributed by atoms with Gasteiger partial charge in [-0.2, -0.15) is 13.2 Å². The van der Waals surface area contributed by atoms with Gasteiger partial charge in [0.2, 0.25) is 0 Å². The van der Waals surface area contributed by atoms with Crippen molar-refractivity contribution in [1.82, 2.24) is 4.90 Å². The van der Waals surface area contributed by atoms with Gasteiger partial charge in [0.15, 0.2) is 0 Å². The van der Waals surface area contributed by atoms with Gasteiger partial charge in [-0.05, 0) is 37.6 Å². The molecule has 126 valence electrons. The maximum atomic E-state index is 12.7. The van der Waals surface area contributed by atoms with Gasteiger partial charge in [-0.25, -0.2) is 0 Å². The van der Waals surface area contributed by atoms with Crippen LogP contribution < -0.4 is 4.90 Å². The molecule has 22 heavy (non-hydrogen) atoms. The van der Waals surface area contributed by atoms with E-state index in [0.717, 1.165) is 51.6 Å². The van der Waals surface area contributed by atoms with Crippen LogP contribution in [0.15, 0.2) is 24.3 Å². The van der Waals surface area contributed by atoms with Gasteiger partial charge < -0.3 is 10.0 Å². The number of hydrogen-bond acceptors (Lipinski definition) is 3. The van der Waals surface area contributed by atoms with Crippen molar-refractivity contribution in [2.24, 2.45) is 0 Å². The highest BCUT2D eigenvalue weighted by atomic mass is 35.5. The molecule has 1 saturated heterocycles. The highest BCUT2D eigenvalue weighted by Crippen LogP contribution is 2.31. The van der Waals surface area contributed by atoms with E-state index in [1.54, 1.807) is 6.07 Å². The van der Waals surface area contributed by atoms with Crippen LogP contribution in [0.2, 0.25) is 0 Å². The second-order valence-corrected chi connectivity index (χ2v) is 5.31. The van der Waals surface area contributed by atoms with Crippen LogP contribution in [0.25, 0.3) is 0 Å². The Morgan fingerprint density at radius 1 is 1.05 bits per heavy atom. The summed E-state index contributed by atoms with van der Waals surface area (Å²) in [7, 11) is 0. The number of aliphatic hydroxyl groups is 1. The fraction of sp³-hybridized carbons (Fsp3) is 0.600. The van der Waals surface area contributed by atoms with E-state index in [2.05, 4.69) is 4.90 Å². The Hall–Kier alpha value is -0.980. The summed E-state index contributed by atoms with van der Waals surface area (Å²) in [4.78, 5) is 4.29. The van der Waals surface area contributed by atoms with Crippen LogP contribution in [-0.2, 0) is 6.18 Å². The normalized spacial score (nSPS) is 16.5. The molecule has 0 radical (unpaired) electrons. The first-order valence-electron chi connectivity index (χ1n) is 7.26. The maximum Gasteiger partial charge on any atom is 0.416 e. The van der Waals surface area contributed by atoms with E-state index < -0.39 is 11.7 Å². The molecule has 0 atom stereocenters. The number of nitrogens with zero attached hydrogens (tertiary/aromatic N) is 2. The van der Waals surface area contributed by atoms with E-state index in [-0.39, 0.29) is 19.0 Å².